The van der Waals surface area contributed by atoms with Crippen molar-refractivity contribution < 1.29 is 47.8 Å². The van der Waals surface area contributed by atoms with Crippen LogP contribution in [-0.4, -0.2) is 64.9 Å². The number of phosphoric ester groups is 1. The van der Waals surface area contributed by atoms with Gasteiger partial charge in [-0.05, 0) is 64.2 Å². The smallest absolute Gasteiger partial charge is 0.472 e. The Hall–Kier alpha value is -2.04. The van der Waals surface area contributed by atoms with Crippen LogP contribution in [0.1, 0.15) is 219 Å². The van der Waals surface area contributed by atoms with E-state index >= 15 is 0 Å². The molecule has 0 heterocycles. The fourth-order valence-corrected chi connectivity index (χ4v) is 7.31. The van der Waals surface area contributed by atoms with E-state index in [9.17, 15) is 34.1 Å². The number of nitrogens with one attached hydrogen (secondary N) is 1. The first-order valence-electron chi connectivity index (χ1n) is 23.4. The number of aliphatic hydroxyl groups is 1. The van der Waals surface area contributed by atoms with Gasteiger partial charge in [0.15, 0.2) is 6.04 Å². The number of allylic oxidation sites excluding steroid dienone is 4. The first-order valence-corrected chi connectivity index (χ1v) is 24.9. The molecule has 3 atom stereocenters. The standard InChI is InChI=1S/C46H86NO10P/c1-3-5-7-9-11-13-15-17-19-21-22-24-26-28-30-32-34-36-38-45(50)55-39-42(48)40-56-58(53,54)57-41-43(46(51)52)47-44(49)37-35-33-31-29-27-25-23-20-18-16-14-12-10-8-6-4-2/h19-21,23,42-43,48H,3-18,22,24-41H2,1-2H3,(H,47,49)(H,51,52)(H,53,54)/b21-19-,23-20-. The molecule has 340 valence electrons. The Bertz CT molecular complexity index is 1080. The van der Waals surface area contributed by atoms with Crippen LogP contribution in [0.2, 0.25) is 0 Å². The van der Waals surface area contributed by atoms with E-state index in [1.807, 2.05) is 0 Å². The Kier molecular flexibility index (Phi) is 40.2. The number of aliphatic carboxylic acids is 1. The molecule has 0 aromatic heterocycles. The summed E-state index contributed by atoms with van der Waals surface area (Å²) in [5, 5.41) is 21.8. The molecule has 3 unspecified atom stereocenters. The minimum Gasteiger partial charge on any atom is -0.480 e. The molecule has 0 aliphatic heterocycles. The highest BCUT2D eigenvalue weighted by Crippen LogP contribution is 2.43. The third-order valence-corrected chi connectivity index (χ3v) is 11.2. The summed E-state index contributed by atoms with van der Waals surface area (Å²) in [5.74, 6) is -2.38. The summed E-state index contributed by atoms with van der Waals surface area (Å²) in [4.78, 5) is 46.0. The summed E-state index contributed by atoms with van der Waals surface area (Å²) >= 11 is 0. The van der Waals surface area contributed by atoms with Crippen LogP contribution in [0.5, 0.6) is 0 Å². The number of unbranched alkanes of at least 4 members (excludes halogenated alkanes) is 26. The van der Waals surface area contributed by atoms with Crippen molar-refractivity contribution in [2.24, 2.45) is 0 Å². The van der Waals surface area contributed by atoms with E-state index in [4.69, 9.17) is 13.8 Å². The highest BCUT2D eigenvalue weighted by molar-refractivity contribution is 7.47. The van der Waals surface area contributed by atoms with Gasteiger partial charge in [-0.3, -0.25) is 18.6 Å². The van der Waals surface area contributed by atoms with Gasteiger partial charge in [-0.15, -0.1) is 0 Å². The molecule has 0 aromatic carbocycles. The van der Waals surface area contributed by atoms with Crippen LogP contribution in [0.25, 0.3) is 0 Å². The van der Waals surface area contributed by atoms with Gasteiger partial charge in [0.05, 0.1) is 13.2 Å². The number of aliphatic hydroxyl groups excluding tert-OH is 1. The van der Waals surface area contributed by atoms with Crippen molar-refractivity contribution in [2.45, 2.75) is 231 Å². The maximum absolute atomic E-state index is 12.3. The molecule has 58 heavy (non-hydrogen) atoms. The van der Waals surface area contributed by atoms with E-state index in [-0.39, 0.29) is 12.8 Å². The van der Waals surface area contributed by atoms with Crippen LogP contribution < -0.4 is 5.32 Å². The number of esters is 1. The Morgan fingerprint density at radius 3 is 1.31 bits per heavy atom. The second-order valence-corrected chi connectivity index (χ2v) is 17.4. The van der Waals surface area contributed by atoms with Crippen LogP contribution in [0, 0.1) is 0 Å². The molecule has 1 amide bonds. The number of amides is 1. The van der Waals surface area contributed by atoms with Crippen LogP contribution in [0.3, 0.4) is 0 Å². The van der Waals surface area contributed by atoms with Crippen molar-refractivity contribution in [3.8, 4) is 0 Å². The minimum absolute atomic E-state index is 0.137. The zero-order valence-corrected chi connectivity index (χ0v) is 37.8. The van der Waals surface area contributed by atoms with Gasteiger partial charge in [-0.1, -0.05) is 167 Å². The molecule has 0 aliphatic carbocycles. The molecule has 0 aliphatic rings. The number of hydrogen-bond donors (Lipinski definition) is 4. The monoisotopic (exact) mass is 844 g/mol. The van der Waals surface area contributed by atoms with Crippen molar-refractivity contribution in [1.82, 2.24) is 5.32 Å². The van der Waals surface area contributed by atoms with Crippen LogP contribution in [0.15, 0.2) is 24.3 Å². The number of carbonyl (C=O) groups excluding carboxylic acids is 2. The fraction of sp³-hybridized carbons (Fsp3) is 0.848. The van der Waals surface area contributed by atoms with Gasteiger partial charge in [0.25, 0.3) is 0 Å². The minimum atomic E-state index is -4.76. The maximum Gasteiger partial charge on any atom is 0.472 e. The van der Waals surface area contributed by atoms with Crippen LogP contribution >= 0.6 is 7.82 Å². The van der Waals surface area contributed by atoms with Gasteiger partial charge in [0.2, 0.25) is 5.91 Å². The normalized spacial score (nSPS) is 13.9. The lowest BCUT2D eigenvalue weighted by atomic mass is 10.1. The van der Waals surface area contributed by atoms with E-state index in [2.05, 4.69) is 43.5 Å². The van der Waals surface area contributed by atoms with Gasteiger partial charge < -0.3 is 25.2 Å². The van der Waals surface area contributed by atoms with Crippen molar-refractivity contribution in [3.05, 3.63) is 24.3 Å². The Morgan fingerprint density at radius 2 is 0.897 bits per heavy atom. The topological polar surface area (TPSA) is 169 Å². The second-order valence-electron chi connectivity index (χ2n) is 15.9. The summed E-state index contributed by atoms with van der Waals surface area (Å²) in [6.45, 7) is 2.60. The molecule has 0 fully saturated rings. The van der Waals surface area contributed by atoms with E-state index in [0.29, 0.717) is 12.8 Å². The largest absolute Gasteiger partial charge is 0.480 e. The maximum atomic E-state index is 12.3. The number of rotatable bonds is 44. The molecule has 0 saturated carbocycles. The van der Waals surface area contributed by atoms with Gasteiger partial charge in [0, 0.05) is 12.8 Å². The summed E-state index contributed by atoms with van der Waals surface area (Å²) in [5.41, 5.74) is 0. The van der Waals surface area contributed by atoms with Gasteiger partial charge in [-0.2, -0.15) is 0 Å². The van der Waals surface area contributed by atoms with E-state index in [1.165, 1.54) is 116 Å². The van der Waals surface area contributed by atoms with Crippen molar-refractivity contribution in [2.75, 3.05) is 19.8 Å². The van der Waals surface area contributed by atoms with Crippen molar-refractivity contribution in [3.63, 3.8) is 0 Å². The van der Waals surface area contributed by atoms with Gasteiger partial charge in [-0.25, -0.2) is 9.36 Å². The predicted octanol–water partition coefficient (Wildman–Crippen LogP) is 12.2. The van der Waals surface area contributed by atoms with Gasteiger partial charge >= 0.3 is 19.8 Å². The van der Waals surface area contributed by atoms with Crippen LogP contribution in [0.4, 0.5) is 0 Å². The molecule has 0 rings (SSSR count). The lowest BCUT2D eigenvalue weighted by molar-refractivity contribution is -0.147. The third kappa shape index (κ3) is 40.7. The summed E-state index contributed by atoms with van der Waals surface area (Å²) in [6.07, 6.45) is 43.4. The van der Waals surface area contributed by atoms with Crippen molar-refractivity contribution >= 4 is 25.7 Å². The molecule has 4 N–H and O–H groups in total. The molecular weight excluding hydrogens is 757 g/mol. The van der Waals surface area contributed by atoms with E-state index in [0.717, 1.165) is 64.2 Å². The Morgan fingerprint density at radius 1 is 0.534 bits per heavy atom. The average molecular weight is 844 g/mol. The van der Waals surface area contributed by atoms with E-state index in [1.54, 1.807) is 0 Å². The number of carboxylic acids is 1. The number of hydrogen-bond acceptors (Lipinski definition) is 8. The highest BCUT2D eigenvalue weighted by atomic mass is 31.2. The molecule has 0 saturated heterocycles. The fourth-order valence-electron chi connectivity index (χ4n) is 6.54. The van der Waals surface area contributed by atoms with Crippen molar-refractivity contribution in [1.29, 1.82) is 0 Å². The molecule has 0 aromatic rings. The highest BCUT2D eigenvalue weighted by Gasteiger charge is 2.28. The predicted molar refractivity (Wildman–Crippen MR) is 236 cm³/mol. The molecule has 0 bridgehead atoms. The lowest BCUT2D eigenvalue weighted by Crippen LogP contribution is -2.43. The molecule has 12 heteroatoms. The van der Waals surface area contributed by atoms with E-state index < -0.39 is 57.6 Å². The Balaban J connectivity index is 3.88. The Labute approximate surface area is 353 Å². The molecular formula is C46H86NO10P. The first kappa shape index (κ1) is 56.0. The van der Waals surface area contributed by atoms with Crippen LogP contribution in [-0.2, 0) is 32.7 Å². The zero-order chi connectivity index (χ0) is 42.8. The summed E-state index contributed by atoms with van der Waals surface area (Å²) in [7, 11) is -4.76. The second kappa shape index (κ2) is 41.7. The first-order chi connectivity index (χ1) is 28.1. The SMILES string of the molecule is CCCCCCCCC/C=C\CCCCCCCCCC(=O)OCC(O)COP(=O)(O)OCC(NC(=O)CCCCCCC/C=C\CCCCCCCCC)C(=O)O. The zero-order valence-electron chi connectivity index (χ0n) is 36.9. The lowest BCUT2D eigenvalue weighted by Gasteiger charge is -2.18. The molecule has 11 nitrogen and oxygen atoms in total. The quantitative estimate of drug-likeness (QED) is 0.0200. The molecule has 0 radical (unpaired) electrons. The summed E-state index contributed by atoms with van der Waals surface area (Å²) < 4.78 is 26.9. The number of carboxylic acid groups (broad SMARTS) is 1. The third-order valence-electron chi connectivity index (χ3n) is 10.2. The number of carbonyl (C=O) groups is 3. The molecule has 0 spiro atoms. The average Bonchev–Trinajstić information content (AvgIpc) is 3.20. The summed E-state index contributed by atoms with van der Waals surface area (Å²) in [6, 6.07) is -1.55. The van der Waals surface area contributed by atoms with Gasteiger partial charge in [0.1, 0.15) is 12.7 Å². The number of ether oxygens (including phenoxy) is 1. The number of phosphoric acid groups is 1.